The highest BCUT2D eigenvalue weighted by Crippen LogP contribution is 2.23. The highest BCUT2D eigenvalue weighted by Gasteiger charge is 2.19. The van der Waals surface area contributed by atoms with Gasteiger partial charge in [-0.15, -0.1) is 0 Å². The molecule has 2 nitrogen and oxygen atoms in total. The molecule has 1 aromatic heterocycles. The Balaban J connectivity index is 2.29. The lowest BCUT2D eigenvalue weighted by Gasteiger charge is -2.17. The van der Waals surface area contributed by atoms with Crippen molar-refractivity contribution in [3.05, 3.63) is 59.6 Å². The lowest BCUT2D eigenvalue weighted by Crippen LogP contribution is -2.21. The van der Waals surface area contributed by atoms with Gasteiger partial charge in [0.2, 0.25) is 0 Å². The zero-order chi connectivity index (χ0) is 12.3. The van der Waals surface area contributed by atoms with Crippen LogP contribution in [0.4, 0.5) is 8.78 Å². The quantitative estimate of drug-likeness (QED) is 0.884. The third-order valence-corrected chi connectivity index (χ3v) is 2.72. The van der Waals surface area contributed by atoms with Crippen molar-refractivity contribution in [3.63, 3.8) is 0 Å². The largest absolute Gasteiger partial charge is 0.472 e. The molecule has 17 heavy (non-hydrogen) atoms. The Morgan fingerprint density at radius 3 is 2.47 bits per heavy atom. The Bertz CT molecular complexity index is 462. The van der Waals surface area contributed by atoms with E-state index in [0.29, 0.717) is 6.42 Å². The molecule has 1 N–H and O–H groups in total. The van der Waals surface area contributed by atoms with Crippen LogP contribution in [0.2, 0.25) is 0 Å². The Morgan fingerprint density at radius 1 is 1.24 bits per heavy atom. The number of nitrogens with one attached hydrogen (secondary N) is 1. The summed E-state index contributed by atoms with van der Waals surface area (Å²) >= 11 is 0. The average molecular weight is 237 g/mol. The van der Waals surface area contributed by atoms with E-state index in [1.807, 2.05) is 0 Å². The summed E-state index contributed by atoms with van der Waals surface area (Å²) in [7, 11) is 1.68. The molecular formula is C13H13F2NO. The van der Waals surface area contributed by atoms with Gasteiger partial charge in [0.25, 0.3) is 0 Å². The van der Waals surface area contributed by atoms with Gasteiger partial charge in [-0.3, -0.25) is 0 Å². The van der Waals surface area contributed by atoms with E-state index in [0.717, 1.165) is 5.56 Å². The van der Waals surface area contributed by atoms with Gasteiger partial charge in [-0.25, -0.2) is 8.78 Å². The molecule has 1 unspecified atom stereocenters. The van der Waals surface area contributed by atoms with Gasteiger partial charge in [-0.1, -0.05) is 6.07 Å². The van der Waals surface area contributed by atoms with E-state index < -0.39 is 17.7 Å². The zero-order valence-electron chi connectivity index (χ0n) is 9.41. The van der Waals surface area contributed by atoms with E-state index in [-0.39, 0.29) is 5.56 Å². The summed E-state index contributed by atoms with van der Waals surface area (Å²) in [5.74, 6) is -1.07. The molecule has 4 heteroatoms. The zero-order valence-corrected chi connectivity index (χ0v) is 9.41. The molecule has 0 aliphatic heterocycles. The van der Waals surface area contributed by atoms with Crippen molar-refractivity contribution < 1.29 is 13.2 Å². The average Bonchev–Trinajstić information content (AvgIpc) is 2.80. The molecule has 90 valence electrons. The Hall–Kier alpha value is -1.68. The molecule has 2 aromatic rings. The first-order chi connectivity index (χ1) is 8.22. The van der Waals surface area contributed by atoms with Crippen LogP contribution in [0, 0.1) is 11.6 Å². The second-order valence-electron chi connectivity index (χ2n) is 3.81. The number of likely N-dealkylation sites (N-methyl/N-ethyl adjacent to an activating group) is 1. The predicted octanol–water partition coefficient (Wildman–Crippen LogP) is 3.06. The lowest BCUT2D eigenvalue weighted by atomic mass is 9.99. The molecule has 1 atom stereocenters. The fourth-order valence-electron chi connectivity index (χ4n) is 1.84. The Labute approximate surface area is 98.3 Å². The minimum absolute atomic E-state index is 0.0659. The topological polar surface area (TPSA) is 25.2 Å². The number of rotatable bonds is 4. The van der Waals surface area contributed by atoms with Crippen molar-refractivity contribution in [2.24, 2.45) is 0 Å². The van der Waals surface area contributed by atoms with Crippen molar-refractivity contribution in [2.45, 2.75) is 12.5 Å². The van der Waals surface area contributed by atoms with Gasteiger partial charge < -0.3 is 9.73 Å². The number of furan rings is 1. The maximum absolute atomic E-state index is 13.6. The molecule has 0 fully saturated rings. The first-order valence-corrected chi connectivity index (χ1v) is 5.34. The van der Waals surface area contributed by atoms with E-state index in [1.165, 1.54) is 18.2 Å². The third kappa shape index (κ3) is 2.53. The van der Waals surface area contributed by atoms with Crippen LogP contribution in [0.5, 0.6) is 0 Å². The van der Waals surface area contributed by atoms with Crippen molar-refractivity contribution in [1.29, 1.82) is 0 Å². The minimum Gasteiger partial charge on any atom is -0.472 e. The van der Waals surface area contributed by atoms with Gasteiger partial charge in [0, 0.05) is 11.6 Å². The molecule has 0 amide bonds. The summed E-state index contributed by atoms with van der Waals surface area (Å²) in [5, 5.41) is 2.92. The highest BCUT2D eigenvalue weighted by molar-refractivity contribution is 5.25. The molecule has 0 spiro atoms. The first kappa shape index (κ1) is 11.8. The molecule has 0 aliphatic rings. The summed E-state index contributed by atoms with van der Waals surface area (Å²) in [6.45, 7) is 0. The van der Waals surface area contributed by atoms with Crippen LogP contribution < -0.4 is 5.32 Å². The van der Waals surface area contributed by atoms with Gasteiger partial charge in [-0.05, 0) is 37.2 Å². The first-order valence-electron chi connectivity index (χ1n) is 5.34. The highest BCUT2D eigenvalue weighted by atomic mass is 19.1. The SMILES string of the molecule is CNC(Cc1ccoc1)c1c(F)cccc1F. The lowest BCUT2D eigenvalue weighted by molar-refractivity contribution is 0.486. The molecule has 1 heterocycles. The van der Waals surface area contributed by atoms with Gasteiger partial charge in [0.05, 0.1) is 12.5 Å². The van der Waals surface area contributed by atoms with E-state index in [2.05, 4.69) is 5.32 Å². The van der Waals surface area contributed by atoms with E-state index in [4.69, 9.17) is 4.42 Å². The number of hydrogen-bond donors (Lipinski definition) is 1. The van der Waals surface area contributed by atoms with E-state index in [1.54, 1.807) is 25.6 Å². The monoisotopic (exact) mass is 237 g/mol. The molecule has 0 saturated carbocycles. The van der Waals surface area contributed by atoms with Crippen LogP contribution in [0.3, 0.4) is 0 Å². The normalized spacial score (nSPS) is 12.6. The van der Waals surface area contributed by atoms with Gasteiger partial charge in [0.15, 0.2) is 0 Å². The fraction of sp³-hybridized carbons (Fsp3) is 0.231. The van der Waals surface area contributed by atoms with Crippen molar-refractivity contribution in [3.8, 4) is 0 Å². The maximum Gasteiger partial charge on any atom is 0.130 e. The molecule has 0 aliphatic carbocycles. The summed E-state index contributed by atoms with van der Waals surface area (Å²) in [6, 6.07) is 5.26. The summed E-state index contributed by atoms with van der Waals surface area (Å²) < 4.78 is 32.2. The van der Waals surface area contributed by atoms with Crippen molar-refractivity contribution >= 4 is 0 Å². The molecule has 0 saturated heterocycles. The summed E-state index contributed by atoms with van der Waals surface area (Å²) in [4.78, 5) is 0. The molecular weight excluding hydrogens is 224 g/mol. The summed E-state index contributed by atoms with van der Waals surface area (Å²) in [5.41, 5.74) is 0.961. The summed E-state index contributed by atoms with van der Waals surface area (Å²) in [6.07, 6.45) is 3.59. The molecule has 1 aromatic carbocycles. The van der Waals surface area contributed by atoms with E-state index in [9.17, 15) is 8.78 Å². The van der Waals surface area contributed by atoms with Crippen molar-refractivity contribution in [1.82, 2.24) is 5.32 Å². The minimum atomic E-state index is -0.534. The van der Waals surface area contributed by atoms with Crippen LogP contribution in [0.1, 0.15) is 17.2 Å². The van der Waals surface area contributed by atoms with Crippen LogP contribution in [0.15, 0.2) is 41.2 Å². The number of benzene rings is 1. The Morgan fingerprint density at radius 2 is 1.94 bits per heavy atom. The number of hydrogen-bond acceptors (Lipinski definition) is 2. The van der Waals surface area contributed by atoms with Gasteiger partial charge in [-0.2, -0.15) is 0 Å². The predicted molar refractivity (Wildman–Crippen MR) is 60.6 cm³/mol. The standard InChI is InChI=1S/C13H13F2NO/c1-16-12(7-9-5-6-17-8-9)13-10(14)3-2-4-11(13)15/h2-6,8,12,16H,7H2,1H3. The van der Waals surface area contributed by atoms with Crippen LogP contribution in [-0.2, 0) is 6.42 Å². The van der Waals surface area contributed by atoms with Gasteiger partial charge in [0.1, 0.15) is 11.6 Å². The fourth-order valence-corrected chi connectivity index (χ4v) is 1.84. The second-order valence-corrected chi connectivity index (χ2v) is 3.81. The smallest absolute Gasteiger partial charge is 0.130 e. The van der Waals surface area contributed by atoms with Gasteiger partial charge >= 0.3 is 0 Å². The number of halogens is 2. The molecule has 2 rings (SSSR count). The second kappa shape index (κ2) is 5.10. The molecule has 0 radical (unpaired) electrons. The Kier molecular flexibility index (Phi) is 3.54. The van der Waals surface area contributed by atoms with E-state index >= 15 is 0 Å². The molecule has 0 bridgehead atoms. The maximum atomic E-state index is 13.6. The third-order valence-electron chi connectivity index (χ3n) is 2.72. The van der Waals surface area contributed by atoms with Crippen LogP contribution >= 0.6 is 0 Å². The van der Waals surface area contributed by atoms with Crippen LogP contribution in [-0.4, -0.2) is 7.05 Å². The van der Waals surface area contributed by atoms with Crippen LogP contribution in [0.25, 0.3) is 0 Å². The van der Waals surface area contributed by atoms with Crippen molar-refractivity contribution in [2.75, 3.05) is 7.05 Å².